The largest absolute Gasteiger partial charge is 2.00 e. The molecule has 0 saturated carbocycles. The zero-order chi connectivity index (χ0) is 5.98. The molecule has 0 aliphatic carbocycles. The van der Waals surface area contributed by atoms with Crippen LogP contribution in [-0.2, 0) is 0 Å². The summed E-state index contributed by atoms with van der Waals surface area (Å²) in [6.45, 7) is 0. The van der Waals surface area contributed by atoms with Crippen molar-refractivity contribution in [2.75, 3.05) is 5.73 Å². The Hall–Kier alpha value is 0.0797. The molecule has 0 heterocycles. The molecule has 0 aliphatic heterocycles. The minimum absolute atomic E-state index is 0. The minimum Gasteiger partial charge on any atom is -1.00 e. The van der Waals surface area contributed by atoms with Gasteiger partial charge in [-0.3, -0.25) is 0 Å². The first-order valence-corrected chi connectivity index (χ1v) is 2.34. The Labute approximate surface area is 86.7 Å². The van der Waals surface area contributed by atoms with Crippen molar-refractivity contribution in [3.63, 3.8) is 0 Å². The van der Waals surface area contributed by atoms with Crippen molar-refractivity contribution in [3.8, 4) is 5.75 Å². The quantitative estimate of drug-likeness (QED) is 0.327. The van der Waals surface area contributed by atoms with Crippen molar-refractivity contribution in [3.05, 3.63) is 24.3 Å². The molecule has 0 aromatic heterocycles. The number of nitrogen functional groups attached to an aromatic ring is 1. The van der Waals surface area contributed by atoms with Gasteiger partial charge in [0, 0.05) is 0 Å². The van der Waals surface area contributed by atoms with E-state index in [9.17, 15) is 0 Å². The second kappa shape index (κ2) is 3.99. The van der Waals surface area contributed by atoms with Crippen molar-refractivity contribution in [1.82, 2.24) is 0 Å². The molecule has 9 heavy (non-hydrogen) atoms. The van der Waals surface area contributed by atoms with E-state index >= 15 is 0 Å². The monoisotopic (exact) mass is 151 g/mol. The van der Waals surface area contributed by atoms with Crippen LogP contribution in [0.3, 0.4) is 0 Å². The Morgan fingerprint density at radius 1 is 1.33 bits per heavy atom. The van der Waals surface area contributed by atoms with Gasteiger partial charge >= 0.3 is 37.7 Å². The molecule has 1 aromatic rings. The predicted octanol–water partition coefficient (Wildman–Crippen LogP) is 0.819. The minimum atomic E-state index is 0. The smallest absolute Gasteiger partial charge is 1.00 e. The molecule has 46 valence electrons. The Balaban J connectivity index is -0.000000213. The maximum absolute atomic E-state index is 8.79. The van der Waals surface area contributed by atoms with E-state index < -0.39 is 0 Å². The number of hydrogen-bond acceptors (Lipinski definition) is 2. The van der Waals surface area contributed by atoms with E-state index in [4.69, 9.17) is 10.8 Å². The molecule has 0 atom stereocenters. The molecule has 0 unspecified atom stereocenters. The van der Waals surface area contributed by atoms with Crippen molar-refractivity contribution in [1.29, 1.82) is 0 Å². The molecular formula is C6H9CaNO. The SMILES string of the molecule is Nc1ccccc1O.[Ca+2].[H-].[H-]. The van der Waals surface area contributed by atoms with Crippen LogP contribution in [0.4, 0.5) is 5.69 Å². The average Bonchev–Trinajstić information content (AvgIpc) is 1.77. The van der Waals surface area contributed by atoms with Crippen LogP contribution in [0.25, 0.3) is 0 Å². The first kappa shape index (κ1) is 9.08. The fraction of sp³-hybridized carbons (Fsp3) is 0. The summed E-state index contributed by atoms with van der Waals surface area (Å²) in [5, 5.41) is 8.79. The fourth-order valence-corrected chi connectivity index (χ4v) is 0.488. The zero-order valence-corrected chi connectivity index (χ0v) is 7.25. The normalized spacial score (nSPS) is 8.00. The number of phenolic OH excluding ortho intramolecular Hbond substituents is 1. The number of aromatic hydroxyl groups is 1. The molecule has 0 bridgehead atoms. The number of para-hydroxylation sites is 2. The summed E-state index contributed by atoms with van der Waals surface area (Å²) in [7, 11) is 0. The van der Waals surface area contributed by atoms with Crippen molar-refractivity contribution in [2.45, 2.75) is 0 Å². The predicted molar refractivity (Wildman–Crippen MR) is 40.5 cm³/mol. The Morgan fingerprint density at radius 3 is 2.22 bits per heavy atom. The van der Waals surface area contributed by atoms with Crippen LogP contribution in [0.5, 0.6) is 5.75 Å². The molecule has 2 nitrogen and oxygen atoms in total. The number of anilines is 1. The van der Waals surface area contributed by atoms with E-state index in [-0.39, 0.29) is 46.3 Å². The first-order valence-electron chi connectivity index (χ1n) is 2.34. The first-order chi connectivity index (χ1) is 3.80. The molecule has 3 heteroatoms. The van der Waals surface area contributed by atoms with Crippen molar-refractivity contribution in [2.24, 2.45) is 0 Å². The van der Waals surface area contributed by atoms with Crippen LogP contribution >= 0.6 is 0 Å². The van der Waals surface area contributed by atoms with E-state index in [2.05, 4.69) is 0 Å². The van der Waals surface area contributed by atoms with Gasteiger partial charge in [0.05, 0.1) is 5.69 Å². The van der Waals surface area contributed by atoms with Crippen LogP contribution in [0.1, 0.15) is 2.85 Å². The average molecular weight is 151 g/mol. The van der Waals surface area contributed by atoms with Gasteiger partial charge in [0.25, 0.3) is 0 Å². The third-order valence-electron chi connectivity index (χ3n) is 0.937. The molecule has 0 spiro atoms. The van der Waals surface area contributed by atoms with E-state index in [1.807, 2.05) is 0 Å². The summed E-state index contributed by atoms with van der Waals surface area (Å²) >= 11 is 0. The van der Waals surface area contributed by atoms with E-state index in [1.54, 1.807) is 24.3 Å². The molecular weight excluding hydrogens is 142 g/mol. The second-order valence-corrected chi connectivity index (χ2v) is 1.56. The fourth-order valence-electron chi connectivity index (χ4n) is 0.488. The number of nitrogens with two attached hydrogens (primary N) is 1. The molecule has 1 aromatic carbocycles. The van der Waals surface area contributed by atoms with Gasteiger partial charge in [-0.25, -0.2) is 0 Å². The van der Waals surface area contributed by atoms with Gasteiger partial charge in [-0.1, -0.05) is 12.1 Å². The summed E-state index contributed by atoms with van der Waals surface area (Å²) in [5.41, 5.74) is 5.69. The van der Waals surface area contributed by atoms with E-state index in [1.165, 1.54) is 0 Å². The van der Waals surface area contributed by atoms with Crippen LogP contribution in [0.2, 0.25) is 0 Å². The van der Waals surface area contributed by atoms with E-state index in [0.29, 0.717) is 5.69 Å². The molecule has 0 aliphatic rings. The van der Waals surface area contributed by atoms with Gasteiger partial charge in [-0.2, -0.15) is 0 Å². The van der Waals surface area contributed by atoms with E-state index in [0.717, 1.165) is 0 Å². The number of rotatable bonds is 0. The number of phenols is 1. The van der Waals surface area contributed by atoms with Crippen molar-refractivity contribution >= 4 is 43.4 Å². The van der Waals surface area contributed by atoms with Crippen LogP contribution < -0.4 is 5.73 Å². The summed E-state index contributed by atoms with van der Waals surface area (Å²) in [6.07, 6.45) is 0. The molecule has 0 fully saturated rings. The van der Waals surface area contributed by atoms with Gasteiger partial charge < -0.3 is 13.7 Å². The summed E-state index contributed by atoms with van der Waals surface area (Å²) in [5.74, 6) is 0.146. The Morgan fingerprint density at radius 2 is 1.89 bits per heavy atom. The molecule has 1 rings (SSSR count). The van der Waals surface area contributed by atoms with Crippen molar-refractivity contribution < 1.29 is 7.96 Å². The Bertz CT molecular complexity index is 177. The zero-order valence-electron chi connectivity index (χ0n) is 7.04. The maximum atomic E-state index is 8.79. The third kappa shape index (κ3) is 2.43. The second-order valence-electron chi connectivity index (χ2n) is 1.56. The summed E-state index contributed by atoms with van der Waals surface area (Å²) in [6, 6.07) is 6.70. The van der Waals surface area contributed by atoms with Crippen LogP contribution in [0, 0.1) is 0 Å². The Kier molecular flexibility index (Phi) is 4.02. The summed E-state index contributed by atoms with van der Waals surface area (Å²) < 4.78 is 0. The third-order valence-corrected chi connectivity index (χ3v) is 0.937. The summed E-state index contributed by atoms with van der Waals surface area (Å²) in [4.78, 5) is 0. The van der Waals surface area contributed by atoms with Gasteiger partial charge in [0.2, 0.25) is 0 Å². The van der Waals surface area contributed by atoms with Crippen LogP contribution in [-0.4, -0.2) is 42.8 Å². The van der Waals surface area contributed by atoms with Gasteiger partial charge in [-0.05, 0) is 12.1 Å². The van der Waals surface area contributed by atoms with Gasteiger partial charge in [0.1, 0.15) is 5.75 Å². The van der Waals surface area contributed by atoms with Gasteiger partial charge in [-0.15, -0.1) is 0 Å². The molecule has 0 amide bonds. The number of hydrogen-bond donors (Lipinski definition) is 2. The molecule has 0 radical (unpaired) electrons. The maximum Gasteiger partial charge on any atom is 2.00 e. The molecule has 3 N–H and O–H groups in total. The van der Waals surface area contributed by atoms with Crippen LogP contribution in [0.15, 0.2) is 24.3 Å². The standard InChI is InChI=1S/C6H7NO.Ca.2H/c7-5-3-1-2-4-6(5)8;;;/h1-4,8H,7H2;;;/q;+2;2*-1. The topological polar surface area (TPSA) is 46.2 Å². The van der Waals surface area contributed by atoms with Gasteiger partial charge in [0.15, 0.2) is 0 Å². The molecule has 0 saturated heterocycles. The number of benzene rings is 1.